The summed E-state index contributed by atoms with van der Waals surface area (Å²) in [7, 11) is 1.44. The predicted octanol–water partition coefficient (Wildman–Crippen LogP) is 5.06. The number of carbonyl (C=O) groups is 2. The van der Waals surface area contributed by atoms with Crippen LogP contribution in [0, 0.1) is 18.2 Å². The number of benzene rings is 2. The number of rotatable bonds is 5. The van der Waals surface area contributed by atoms with Gasteiger partial charge in [0.25, 0.3) is 11.8 Å². The molecule has 10 heteroatoms. The van der Waals surface area contributed by atoms with Crippen molar-refractivity contribution in [3.8, 4) is 11.6 Å². The number of amides is 2. The summed E-state index contributed by atoms with van der Waals surface area (Å²) in [6, 6.07) is 10.8. The van der Waals surface area contributed by atoms with Crippen LogP contribution < -0.4 is 10.1 Å². The lowest BCUT2D eigenvalue weighted by Gasteiger charge is -2.51. The molecule has 1 unspecified atom stereocenters. The number of aromatic nitrogens is 2. The van der Waals surface area contributed by atoms with E-state index in [2.05, 4.69) is 10.4 Å². The highest BCUT2D eigenvalue weighted by Crippen LogP contribution is 2.46. The van der Waals surface area contributed by atoms with Gasteiger partial charge in [0.1, 0.15) is 11.5 Å². The Balaban J connectivity index is 1.30. The van der Waals surface area contributed by atoms with Gasteiger partial charge in [0.05, 0.1) is 17.2 Å². The Hall–Kier alpha value is -3.10. The van der Waals surface area contributed by atoms with Crippen LogP contribution in [-0.4, -0.2) is 52.7 Å². The molecule has 36 heavy (non-hydrogen) atoms. The molecule has 2 aromatic carbocycles. The van der Waals surface area contributed by atoms with Crippen LogP contribution in [0.25, 0.3) is 5.69 Å². The van der Waals surface area contributed by atoms with Crippen LogP contribution in [0.2, 0.25) is 10.0 Å². The zero-order valence-electron chi connectivity index (χ0n) is 19.9. The van der Waals surface area contributed by atoms with Crippen LogP contribution >= 0.6 is 23.2 Å². The number of carbonyl (C=O) groups excluding carboxylic acids is 2. The predicted molar refractivity (Wildman–Crippen MR) is 135 cm³/mol. The van der Waals surface area contributed by atoms with Crippen molar-refractivity contribution >= 4 is 35.0 Å². The molecule has 1 N–H and O–H groups in total. The number of para-hydroxylation sites is 1. The van der Waals surface area contributed by atoms with E-state index < -0.39 is 5.82 Å². The Kier molecular flexibility index (Phi) is 6.43. The zero-order valence-corrected chi connectivity index (χ0v) is 21.4. The van der Waals surface area contributed by atoms with Crippen molar-refractivity contribution in [3.05, 3.63) is 75.1 Å². The molecule has 1 saturated carbocycles. The first kappa shape index (κ1) is 24.6. The molecular formula is C26H25Cl2FN4O3. The Morgan fingerprint density at radius 1 is 1.17 bits per heavy atom. The largest absolute Gasteiger partial charge is 0.481 e. The first-order chi connectivity index (χ1) is 17.2. The summed E-state index contributed by atoms with van der Waals surface area (Å²) >= 11 is 12.2. The number of halogens is 3. The van der Waals surface area contributed by atoms with E-state index >= 15 is 0 Å². The summed E-state index contributed by atoms with van der Waals surface area (Å²) < 4.78 is 20.9. The molecule has 1 atom stereocenters. The number of hydrogen-bond donors (Lipinski definition) is 1. The first-order valence-electron chi connectivity index (χ1n) is 11.7. The van der Waals surface area contributed by atoms with Crippen molar-refractivity contribution < 1.29 is 18.7 Å². The van der Waals surface area contributed by atoms with E-state index in [1.807, 2.05) is 6.92 Å². The summed E-state index contributed by atoms with van der Waals surface area (Å²) in [6.07, 6.45) is 2.67. The van der Waals surface area contributed by atoms with Crippen LogP contribution in [0.1, 0.15) is 45.7 Å². The minimum atomic E-state index is -0.475. The van der Waals surface area contributed by atoms with Gasteiger partial charge in [-0.2, -0.15) is 9.78 Å². The maximum absolute atomic E-state index is 14.3. The fraction of sp³-hybridized carbons (Fsp3) is 0.346. The van der Waals surface area contributed by atoms with Gasteiger partial charge in [0.2, 0.25) is 5.88 Å². The Morgan fingerprint density at radius 2 is 1.89 bits per heavy atom. The molecule has 5 rings (SSSR count). The fourth-order valence-corrected chi connectivity index (χ4v) is 5.68. The average molecular weight is 531 g/mol. The van der Waals surface area contributed by atoms with Gasteiger partial charge in [-0.3, -0.25) is 9.59 Å². The van der Waals surface area contributed by atoms with E-state index in [1.54, 1.807) is 35.2 Å². The molecule has 7 nitrogen and oxygen atoms in total. The maximum Gasteiger partial charge on any atom is 0.272 e. The summed E-state index contributed by atoms with van der Waals surface area (Å²) in [5.74, 6) is -0.678. The highest BCUT2D eigenvalue weighted by atomic mass is 35.5. The number of hydrogen-bond acceptors (Lipinski definition) is 4. The second-order valence-electron chi connectivity index (χ2n) is 9.46. The van der Waals surface area contributed by atoms with Crippen molar-refractivity contribution in [2.24, 2.45) is 5.41 Å². The van der Waals surface area contributed by atoms with Gasteiger partial charge in [-0.1, -0.05) is 41.8 Å². The number of methoxy groups -OCH3 is 1. The zero-order chi connectivity index (χ0) is 25.6. The van der Waals surface area contributed by atoms with Crippen molar-refractivity contribution in [1.29, 1.82) is 0 Å². The van der Waals surface area contributed by atoms with E-state index in [0.29, 0.717) is 28.7 Å². The standard InChI is InChI=1S/C26H25Cl2FN4O3/c1-15-10-17(27)18(28)11-16(15)25(35)32-13-26(14-32)9-5-8-22(26)30-24(34)20-12-23(36-2)33(31-20)21-7-4-3-6-19(21)29/h3-4,6-7,10-12,22H,5,8-9,13-14H2,1-2H3,(H,30,34). The van der Waals surface area contributed by atoms with Crippen LogP contribution in [0.15, 0.2) is 42.5 Å². The second-order valence-corrected chi connectivity index (χ2v) is 10.3. The molecule has 1 aromatic heterocycles. The smallest absolute Gasteiger partial charge is 0.272 e. The lowest BCUT2D eigenvalue weighted by Crippen LogP contribution is -2.64. The number of nitrogens with zero attached hydrogens (tertiary/aromatic N) is 3. The van der Waals surface area contributed by atoms with Gasteiger partial charge < -0.3 is 15.0 Å². The van der Waals surface area contributed by atoms with Gasteiger partial charge in [-0.05, 0) is 49.6 Å². The topological polar surface area (TPSA) is 76.5 Å². The third-order valence-electron chi connectivity index (χ3n) is 7.21. The lowest BCUT2D eigenvalue weighted by molar-refractivity contribution is -0.00443. The average Bonchev–Trinajstić information content (AvgIpc) is 3.45. The van der Waals surface area contributed by atoms with E-state index in [-0.39, 0.29) is 40.5 Å². The van der Waals surface area contributed by atoms with E-state index in [1.165, 1.54) is 23.9 Å². The molecule has 1 aliphatic carbocycles. The Labute approximate surface area is 218 Å². The molecule has 0 bridgehead atoms. The monoisotopic (exact) mass is 530 g/mol. The van der Waals surface area contributed by atoms with Gasteiger partial charge in [-0.25, -0.2) is 4.39 Å². The highest BCUT2D eigenvalue weighted by Gasteiger charge is 2.53. The van der Waals surface area contributed by atoms with E-state index in [4.69, 9.17) is 27.9 Å². The molecule has 2 heterocycles. The third-order valence-corrected chi connectivity index (χ3v) is 7.93. The number of aryl methyl sites for hydroxylation is 1. The Morgan fingerprint density at radius 3 is 2.61 bits per heavy atom. The molecule has 1 saturated heterocycles. The first-order valence-corrected chi connectivity index (χ1v) is 12.4. The lowest BCUT2D eigenvalue weighted by atomic mass is 9.74. The SMILES string of the molecule is COc1cc(C(=O)NC2CCCC23CN(C(=O)c2cc(Cl)c(Cl)cc2C)C3)nn1-c1ccccc1F. The van der Waals surface area contributed by atoms with Gasteiger partial charge in [-0.15, -0.1) is 0 Å². The molecule has 188 valence electrons. The van der Waals surface area contributed by atoms with Gasteiger partial charge in [0, 0.05) is 36.2 Å². The van der Waals surface area contributed by atoms with Gasteiger partial charge in [0.15, 0.2) is 5.69 Å². The van der Waals surface area contributed by atoms with Crippen LogP contribution in [-0.2, 0) is 0 Å². The van der Waals surface area contributed by atoms with E-state index in [0.717, 1.165) is 24.8 Å². The van der Waals surface area contributed by atoms with Crippen LogP contribution in [0.4, 0.5) is 4.39 Å². The molecule has 2 amide bonds. The second kappa shape index (κ2) is 9.41. The van der Waals surface area contributed by atoms with Crippen molar-refractivity contribution in [3.63, 3.8) is 0 Å². The van der Waals surface area contributed by atoms with Crippen LogP contribution in [0.3, 0.4) is 0 Å². The summed E-state index contributed by atoms with van der Waals surface area (Å²) in [4.78, 5) is 28.0. The van der Waals surface area contributed by atoms with Crippen molar-refractivity contribution in [2.75, 3.05) is 20.2 Å². The van der Waals surface area contributed by atoms with Crippen LogP contribution in [0.5, 0.6) is 5.88 Å². The minimum absolute atomic E-state index is 0.0953. The summed E-state index contributed by atoms with van der Waals surface area (Å²) in [5.41, 5.74) is 1.44. The molecule has 1 spiro atoms. The summed E-state index contributed by atoms with van der Waals surface area (Å²) in [5, 5.41) is 8.17. The van der Waals surface area contributed by atoms with Gasteiger partial charge >= 0.3 is 0 Å². The normalized spacial score (nSPS) is 18.2. The fourth-order valence-electron chi connectivity index (χ4n) is 5.30. The van der Waals surface area contributed by atoms with Crippen molar-refractivity contribution in [2.45, 2.75) is 32.2 Å². The van der Waals surface area contributed by atoms with E-state index in [9.17, 15) is 14.0 Å². The molecule has 2 fully saturated rings. The molecule has 2 aliphatic rings. The summed E-state index contributed by atoms with van der Waals surface area (Å²) in [6.45, 7) is 2.92. The molecule has 0 radical (unpaired) electrons. The maximum atomic E-state index is 14.3. The van der Waals surface area contributed by atoms with Crippen molar-refractivity contribution in [1.82, 2.24) is 20.0 Å². The quantitative estimate of drug-likeness (QED) is 0.500. The third kappa shape index (κ3) is 4.22. The number of nitrogens with one attached hydrogen (secondary N) is 1. The highest BCUT2D eigenvalue weighted by molar-refractivity contribution is 6.42. The Bertz CT molecular complexity index is 1350. The molecule has 3 aromatic rings. The molecule has 1 aliphatic heterocycles. The number of likely N-dealkylation sites (tertiary alicyclic amines) is 1. The molecular weight excluding hydrogens is 506 g/mol. The number of ether oxygens (including phenoxy) is 1. The minimum Gasteiger partial charge on any atom is -0.481 e.